The summed E-state index contributed by atoms with van der Waals surface area (Å²) in [7, 11) is 0. The molecular weight excluding hydrogens is 362 g/mol. The molecule has 0 unspecified atom stereocenters. The summed E-state index contributed by atoms with van der Waals surface area (Å²) in [6, 6.07) is 0.137. The minimum Gasteiger partial charge on any atom is -0.347 e. The van der Waals surface area contributed by atoms with Gasteiger partial charge in [-0.3, -0.25) is 4.79 Å². The van der Waals surface area contributed by atoms with Crippen molar-refractivity contribution < 1.29 is 4.79 Å². The molecule has 0 spiro atoms. The second kappa shape index (κ2) is 7.59. The van der Waals surface area contributed by atoms with Gasteiger partial charge in [0.15, 0.2) is 11.5 Å². The first-order valence-electron chi connectivity index (χ1n) is 8.04. The quantitative estimate of drug-likeness (QED) is 0.731. The Kier molecular flexibility index (Phi) is 5.45. The number of H-pyrrole nitrogens is 1. The Morgan fingerprint density at radius 2 is 2.24 bits per heavy atom. The second-order valence-electron chi connectivity index (χ2n) is 6.01. The summed E-state index contributed by atoms with van der Waals surface area (Å²) in [4.78, 5) is 30.9. The summed E-state index contributed by atoms with van der Waals surface area (Å²) < 4.78 is 0. The number of aromatic nitrogens is 4. The number of carbonyl (C=O) groups excluding carboxylic acids is 1. The number of carbonyl (C=O) groups is 1. The van der Waals surface area contributed by atoms with Crippen molar-refractivity contribution in [1.82, 2.24) is 25.3 Å². The molecule has 2 aromatic rings. The monoisotopic (exact) mass is 381 g/mol. The van der Waals surface area contributed by atoms with Gasteiger partial charge in [0, 0.05) is 30.6 Å². The molecule has 2 aromatic heterocycles. The van der Waals surface area contributed by atoms with Gasteiger partial charge in [-0.05, 0) is 19.3 Å². The lowest BCUT2D eigenvalue weighted by Crippen LogP contribution is -2.44. The highest BCUT2D eigenvalue weighted by Crippen LogP contribution is 2.28. The molecule has 1 fully saturated rings. The second-order valence-corrected chi connectivity index (χ2v) is 7.15. The van der Waals surface area contributed by atoms with E-state index in [9.17, 15) is 4.79 Å². The smallest absolute Gasteiger partial charge is 0.259 e. The number of nitrogens with two attached hydrogens (primary N) is 1. The van der Waals surface area contributed by atoms with Gasteiger partial charge in [-0.15, -0.1) is 24.2 Å². The van der Waals surface area contributed by atoms with E-state index in [1.54, 1.807) is 18.1 Å². The maximum absolute atomic E-state index is 12.6. The van der Waals surface area contributed by atoms with Crippen LogP contribution in [0.3, 0.4) is 0 Å². The number of thioether (sulfide) groups is 1. The number of anilines is 1. The minimum atomic E-state index is -0.0537. The van der Waals surface area contributed by atoms with Crippen LogP contribution in [-0.2, 0) is 4.79 Å². The third kappa shape index (κ3) is 3.58. The molecular formula is C15H20ClN7OS. The SMILES string of the molecule is Cl.N[C@H]1CCC[C@@H]1NC(=O)C1=CN(c2ncnc3nc[nH]c23)CCS1. The van der Waals surface area contributed by atoms with E-state index in [1.165, 1.54) is 6.33 Å². The van der Waals surface area contributed by atoms with Crippen LogP contribution in [0.15, 0.2) is 23.8 Å². The summed E-state index contributed by atoms with van der Waals surface area (Å²) >= 11 is 1.56. The highest BCUT2D eigenvalue weighted by molar-refractivity contribution is 8.04. The van der Waals surface area contributed by atoms with Crippen molar-refractivity contribution in [3.05, 3.63) is 23.8 Å². The Hall–Kier alpha value is -1.84. The lowest BCUT2D eigenvalue weighted by Gasteiger charge is -2.26. The van der Waals surface area contributed by atoms with E-state index in [0.717, 1.165) is 42.9 Å². The van der Waals surface area contributed by atoms with Gasteiger partial charge in [0.05, 0.1) is 11.2 Å². The van der Waals surface area contributed by atoms with Gasteiger partial charge in [0.1, 0.15) is 11.8 Å². The van der Waals surface area contributed by atoms with Crippen LogP contribution in [0.2, 0.25) is 0 Å². The average Bonchev–Trinajstić information content (AvgIpc) is 3.24. The predicted octanol–water partition coefficient (Wildman–Crippen LogP) is 1.17. The Labute approximate surface area is 155 Å². The summed E-state index contributed by atoms with van der Waals surface area (Å²) in [5.74, 6) is 1.50. The summed E-state index contributed by atoms with van der Waals surface area (Å²) in [5, 5.41) is 3.07. The molecule has 1 aliphatic carbocycles. The molecule has 10 heteroatoms. The highest BCUT2D eigenvalue weighted by atomic mass is 35.5. The standard InChI is InChI=1S/C15H19N7OS.ClH/c16-9-2-1-3-10(9)21-15(23)11-6-22(4-5-24-11)14-12-13(18-7-17-12)19-8-20-14;/h6-10H,1-5,16H2,(H,21,23)(H,17,18,19,20);1H/t9-,10-;/m0./s1. The molecule has 1 aliphatic heterocycles. The van der Waals surface area contributed by atoms with Crippen LogP contribution in [0.1, 0.15) is 19.3 Å². The third-order valence-corrected chi connectivity index (χ3v) is 5.44. The van der Waals surface area contributed by atoms with E-state index in [0.29, 0.717) is 10.6 Å². The molecule has 2 atom stereocenters. The number of halogens is 1. The molecule has 3 heterocycles. The molecule has 1 saturated carbocycles. The zero-order valence-corrected chi connectivity index (χ0v) is 15.1. The van der Waals surface area contributed by atoms with Gasteiger partial charge in [0.2, 0.25) is 0 Å². The number of rotatable bonds is 3. The molecule has 0 bridgehead atoms. The molecule has 1 amide bonds. The largest absolute Gasteiger partial charge is 0.347 e. The van der Waals surface area contributed by atoms with Crippen LogP contribution in [-0.4, -0.2) is 50.2 Å². The number of hydrogen-bond acceptors (Lipinski definition) is 7. The minimum absolute atomic E-state index is 0. The fraction of sp³-hybridized carbons (Fsp3) is 0.467. The van der Waals surface area contributed by atoms with E-state index in [4.69, 9.17) is 5.73 Å². The van der Waals surface area contributed by atoms with E-state index >= 15 is 0 Å². The van der Waals surface area contributed by atoms with E-state index < -0.39 is 0 Å². The molecule has 4 rings (SSSR count). The molecule has 25 heavy (non-hydrogen) atoms. The van der Waals surface area contributed by atoms with Crippen LogP contribution >= 0.6 is 24.2 Å². The third-order valence-electron chi connectivity index (χ3n) is 4.45. The molecule has 4 N–H and O–H groups in total. The molecule has 8 nitrogen and oxygen atoms in total. The molecule has 134 valence electrons. The van der Waals surface area contributed by atoms with Crippen molar-refractivity contribution >= 4 is 47.1 Å². The maximum atomic E-state index is 12.6. The highest BCUT2D eigenvalue weighted by Gasteiger charge is 2.28. The maximum Gasteiger partial charge on any atom is 0.259 e. The number of imidazole rings is 1. The van der Waals surface area contributed by atoms with E-state index in [2.05, 4.69) is 25.3 Å². The van der Waals surface area contributed by atoms with Crippen molar-refractivity contribution in [1.29, 1.82) is 0 Å². The number of amides is 1. The Morgan fingerprint density at radius 3 is 3.04 bits per heavy atom. The van der Waals surface area contributed by atoms with Crippen molar-refractivity contribution in [3.8, 4) is 0 Å². The van der Waals surface area contributed by atoms with Crippen molar-refractivity contribution in [2.45, 2.75) is 31.3 Å². The van der Waals surface area contributed by atoms with E-state index in [1.807, 2.05) is 11.1 Å². The van der Waals surface area contributed by atoms with Gasteiger partial charge in [-0.1, -0.05) is 0 Å². The summed E-state index contributed by atoms with van der Waals surface area (Å²) in [5.41, 5.74) is 7.44. The van der Waals surface area contributed by atoms with Crippen LogP contribution in [0.25, 0.3) is 11.2 Å². The van der Waals surface area contributed by atoms with Crippen molar-refractivity contribution in [2.24, 2.45) is 5.73 Å². The number of aromatic amines is 1. The van der Waals surface area contributed by atoms with Crippen LogP contribution in [0.5, 0.6) is 0 Å². The first-order valence-corrected chi connectivity index (χ1v) is 9.03. The topological polar surface area (TPSA) is 113 Å². The Balaban J connectivity index is 0.00000182. The number of fused-ring (bicyclic) bond motifs is 1. The molecule has 2 aliphatic rings. The van der Waals surface area contributed by atoms with Crippen LogP contribution in [0.4, 0.5) is 5.82 Å². The van der Waals surface area contributed by atoms with E-state index in [-0.39, 0.29) is 30.4 Å². The lowest BCUT2D eigenvalue weighted by atomic mass is 10.2. The fourth-order valence-corrected chi connectivity index (χ4v) is 4.07. The van der Waals surface area contributed by atoms with Gasteiger partial charge in [-0.2, -0.15) is 0 Å². The first kappa shape index (κ1) is 18.0. The fourth-order valence-electron chi connectivity index (χ4n) is 3.17. The summed E-state index contributed by atoms with van der Waals surface area (Å²) in [6.45, 7) is 0.773. The van der Waals surface area contributed by atoms with Crippen LogP contribution in [0, 0.1) is 0 Å². The van der Waals surface area contributed by atoms with Gasteiger partial charge < -0.3 is 20.9 Å². The normalized spacial score (nSPS) is 23.2. The lowest BCUT2D eigenvalue weighted by molar-refractivity contribution is -0.117. The van der Waals surface area contributed by atoms with Crippen LogP contribution < -0.4 is 16.0 Å². The zero-order chi connectivity index (χ0) is 16.5. The number of nitrogens with one attached hydrogen (secondary N) is 2. The van der Waals surface area contributed by atoms with Gasteiger partial charge in [0.25, 0.3) is 5.91 Å². The Morgan fingerprint density at radius 1 is 1.36 bits per heavy atom. The molecule has 0 saturated heterocycles. The van der Waals surface area contributed by atoms with Crippen molar-refractivity contribution in [3.63, 3.8) is 0 Å². The molecule has 0 aromatic carbocycles. The van der Waals surface area contributed by atoms with Gasteiger partial charge in [-0.25, -0.2) is 15.0 Å². The average molecular weight is 382 g/mol. The number of hydrogen-bond donors (Lipinski definition) is 3. The van der Waals surface area contributed by atoms with Gasteiger partial charge >= 0.3 is 0 Å². The molecule has 0 radical (unpaired) electrons. The zero-order valence-electron chi connectivity index (χ0n) is 13.5. The number of nitrogens with zero attached hydrogens (tertiary/aromatic N) is 4. The Bertz CT molecular complexity index is 795. The van der Waals surface area contributed by atoms with Crippen molar-refractivity contribution in [2.75, 3.05) is 17.2 Å². The summed E-state index contributed by atoms with van der Waals surface area (Å²) in [6.07, 6.45) is 7.94. The first-order chi connectivity index (χ1) is 11.7. The predicted molar refractivity (Wildman–Crippen MR) is 101 cm³/mol.